The Balaban J connectivity index is 1.31. The van der Waals surface area contributed by atoms with E-state index in [1.54, 1.807) is 24.3 Å². The zero-order valence-corrected chi connectivity index (χ0v) is 23.3. The summed E-state index contributed by atoms with van der Waals surface area (Å²) in [7, 11) is 0. The first kappa shape index (κ1) is 31.0. The number of nitrogens with one attached hydrogen (secondary N) is 1. The van der Waals surface area contributed by atoms with Crippen LogP contribution in [0.4, 0.5) is 22.0 Å². The molecule has 0 saturated carbocycles. The van der Waals surface area contributed by atoms with Crippen LogP contribution in [0.25, 0.3) is 0 Å². The van der Waals surface area contributed by atoms with Gasteiger partial charge in [-0.1, -0.05) is 55.5 Å². The molecular formula is C31H31F5N2O5. The van der Waals surface area contributed by atoms with E-state index in [0.717, 1.165) is 24.2 Å². The van der Waals surface area contributed by atoms with Crippen LogP contribution in [0.5, 0.6) is 0 Å². The third kappa shape index (κ3) is 6.73. The Hall–Kier alpha value is -3.42. The molecule has 0 bridgehead atoms. The van der Waals surface area contributed by atoms with E-state index >= 15 is 0 Å². The highest BCUT2D eigenvalue weighted by Gasteiger charge is 2.39. The minimum atomic E-state index is -2.33. The lowest BCUT2D eigenvalue weighted by Gasteiger charge is -2.43. The molecule has 0 aliphatic carbocycles. The summed E-state index contributed by atoms with van der Waals surface area (Å²) in [6, 6.07) is 14.3. The van der Waals surface area contributed by atoms with E-state index in [0.29, 0.717) is 30.9 Å². The highest BCUT2D eigenvalue weighted by atomic mass is 19.2. The summed E-state index contributed by atoms with van der Waals surface area (Å²) in [5.41, 5.74) is 1.37. The van der Waals surface area contributed by atoms with Crippen LogP contribution in [0.15, 0.2) is 48.5 Å². The summed E-state index contributed by atoms with van der Waals surface area (Å²) >= 11 is 0. The lowest BCUT2D eigenvalue weighted by molar-refractivity contribution is -0.277. The summed E-state index contributed by atoms with van der Waals surface area (Å²) in [6.07, 6.45) is -1.22. The zero-order chi connectivity index (χ0) is 30.7. The number of aliphatic hydroxyl groups is 1. The van der Waals surface area contributed by atoms with Crippen molar-refractivity contribution in [2.45, 2.75) is 38.6 Å². The number of morpholine rings is 1. The predicted octanol–water partition coefficient (Wildman–Crippen LogP) is 4.93. The molecule has 1 amide bonds. The van der Waals surface area contributed by atoms with Crippen LogP contribution in [-0.4, -0.2) is 54.9 Å². The van der Waals surface area contributed by atoms with Crippen molar-refractivity contribution in [3.63, 3.8) is 0 Å². The number of nitrogens with zero attached hydrogens (tertiary/aromatic N) is 1. The fourth-order valence-corrected chi connectivity index (χ4v) is 5.23. The second-order valence-electron chi connectivity index (χ2n) is 10.6. The maximum absolute atomic E-state index is 14.0. The van der Waals surface area contributed by atoms with E-state index in [4.69, 9.17) is 14.2 Å². The first-order valence-corrected chi connectivity index (χ1v) is 13.9. The van der Waals surface area contributed by atoms with Gasteiger partial charge in [0.05, 0.1) is 32.0 Å². The number of benzene rings is 3. The molecule has 230 valence electrons. The molecule has 43 heavy (non-hydrogen) atoms. The van der Waals surface area contributed by atoms with Gasteiger partial charge in [0.25, 0.3) is 5.91 Å². The van der Waals surface area contributed by atoms with Gasteiger partial charge in [-0.15, -0.1) is 0 Å². The fraction of sp³-hybridized carbons (Fsp3) is 0.387. The number of hydrogen-bond acceptors (Lipinski definition) is 6. The van der Waals surface area contributed by atoms with Crippen molar-refractivity contribution in [3.8, 4) is 0 Å². The third-order valence-corrected chi connectivity index (χ3v) is 7.81. The van der Waals surface area contributed by atoms with Gasteiger partial charge in [0.15, 0.2) is 29.6 Å². The van der Waals surface area contributed by atoms with Gasteiger partial charge in [0.1, 0.15) is 5.56 Å². The van der Waals surface area contributed by atoms with Crippen molar-refractivity contribution in [1.29, 1.82) is 0 Å². The number of aliphatic hydroxyl groups excluding tert-OH is 1. The molecule has 2 N–H and O–H groups in total. The van der Waals surface area contributed by atoms with Gasteiger partial charge < -0.3 is 24.6 Å². The van der Waals surface area contributed by atoms with Crippen LogP contribution in [0.1, 0.15) is 51.9 Å². The molecule has 2 fully saturated rings. The Kier molecular flexibility index (Phi) is 9.72. The molecule has 2 heterocycles. The van der Waals surface area contributed by atoms with Crippen LogP contribution >= 0.6 is 0 Å². The van der Waals surface area contributed by atoms with E-state index in [-0.39, 0.29) is 31.3 Å². The molecule has 7 nitrogen and oxygen atoms in total. The van der Waals surface area contributed by atoms with E-state index < -0.39 is 46.8 Å². The lowest BCUT2D eigenvalue weighted by atomic mass is 9.90. The average Bonchev–Trinajstić information content (AvgIpc) is 3.03. The Bertz CT molecular complexity index is 1400. The largest absolute Gasteiger partial charge is 0.392 e. The van der Waals surface area contributed by atoms with E-state index in [1.807, 2.05) is 24.3 Å². The van der Waals surface area contributed by atoms with Crippen molar-refractivity contribution in [2.75, 3.05) is 32.8 Å². The molecule has 3 aromatic rings. The van der Waals surface area contributed by atoms with Gasteiger partial charge in [-0.25, -0.2) is 22.0 Å². The normalized spacial score (nSPS) is 22.9. The second-order valence-corrected chi connectivity index (χ2v) is 10.6. The van der Waals surface area contributed by atoms with Gasteiger partial charge in [-0.2, -0.15) is 0 Å². The Morgan fingerprint density at radius 2 is 1.40 bits per heavy atom. The maximum Gasteiger partial charge on any atom is 0.257 e. The Morgan fingerprint density at radius 3 is 2.00 bits per heavy atom. The van der Waals surface area contributed by atoms with Crippen molar-refractivity contribution >= 4 is 5.91 Å². The van der Waals surface area contributed by atoms with Gasteiger partial charge in [0.2, 0.25) is 5.82 Å². The number of rotatable bonds is 8. The van der Waals surface area contributed by atoms with Gasteiger partial charge in [-0.3, -0.25) is 9.69 Å². The zero-order valence-electron chi connectivity index (χ0n) is 23.3. The monoisotopic (exact) mass is 606 g/mol. The highest BCUT2D eigenvalue weighted by molar-refractivity contribution is 5.94. The topological polar surface area (TPSA) is 80.3 Å². The SMILES string of the molecule is CC1C(CN2CCOCC2)OC(c2ccc(CNC(=O)c3c(F)c(F)c(F)c(F)c3F)cc2)OC1c1ccc(CO)cc1. The van der Waals surface area contributed by atoms with Crippen LogP contribution in [0, 0.1) is 35.0 Å². The average molecular weight is 607 g/mol. The van der Waals surface area contributed by atoms with Gasteiger partial charge in [0, 0.05) is 37.7 Å². The number of carbonyl (C=O) groups is 1. The summed E-state index contributed by atoms with van der Waals surface area (Å²) < 4.78 is 86.7. The molecule has 4 unspecified atom stereocenters. The number of ether oxygens (including phenoxy) is 3. The molecule has 2 aliphatic heterocycles. The number of carbonyl (C=O) groups excluding carboxylic acids is 1. The summed E-state index contributed by atoms with van der Waals surface area (Å²) in [5, 5.41) is 11.6. The summed E-state index contributed by atoms with van der Waals surface area (Å²) in [5.74, 6) is -12.6. The third-order valence-electron chi connectivity index (χ3n) is 7.81. The number of amides is 1. The molecule has 3 aromatic carbocycles. The van der Waals surface area contributed by atoms with Crippen LogP contribution in [0.2, 0.25) is 0 Å². The highest BCUT2D eigenvalue weighted by Crippen LogP contribution is 2.42. The van der Waals surface area contributed by atoms with Crippen LogP contribution in [-0.2, 0) is 27.4 Å². The van der Waals surface area contributed by atoms with Crippen molar-refractivity contribution < 1.29 is 46.1 Å². The van der Waals surface area contributed by atoms with Crippen LogP contribution < -0.4 is 5.32 Å². The quantitative estimate of drug-likeness (QED) is 0.215. The number of hydrogen-bond donors (Lipinski definition) is 2. The van der Waals surface area contributed by atoms with Crippen molar-refractivity contribution in [1.82, 2.24) is 10.2 Å². The number of halogens is 5. The van der Waals surface area contributed by atoms with E-state index in [9.17, 15) is 31.9 Å². The van der Waals surface area contributed by atoms with Crippen molar-refractivity contribution in [3.05, 3.63) is 105 Å². The second kappa shape index (κ2) is 13.5. The smallest absolute Gasteiger partial charge is 0.257 e. The predicted molar refractivity (Wildman–Crippen MR) is 144 cm³/mol. The minimum Gasteiger partial charge on any atom is -0.392 e. The van der Waals surface area contributed by atoms with Gasteiger partial charge in [-0.05, 0) is 16.7 Å². The van der Waals surface area contributed by atoms with E-state index in [2.05, 4.69) is 17.1 Å². The Morgan fingerprint density at radius 1 is 0.837 bits per heavy atom. The molecular weight excluding hydrogens is 575 g/mol. The summed E-state index contributed by atoms with van der Waals surface area (Å²) in [4.78, 5) is 14.6. The molecule has 2 saturated heterocycles. The first-order chi connectivity index (χ1) is 20.7. The van der Waals surface area contributed by atoms with E-state index in [1.165, 1.54) is 0 Å². The minimum absolute atomic E-state index is 0.00418. The van der Waals surface area contributed by atoms with Gasteiger partial charge >= 0.3 is 0 Å². The molecule has 0 radical (unpaired) electrons. The standard InChI is InChI=1S/C31H31F5N2O5/c1-17-22(15-38-10-12-41-13-11-38)42-31(43-29(17)20-6-4-19(16-39)5-7-20)21-8-2-18(3-9-21)14-37-30(40)23-24(32)26(34)28(36)27(35)25(23)33/h2-9,17,22,29,31,39H,10-16H2,1H3,(H,37,40). The fourth-order valence-electron chi connectivity index (χ4n) is 5.23. The molecule has 0 spiro atoms. The summed E-state index contributed by atoms with van der Waals surface area (Å²) in [6.45, 7) is 5.33. The molecule has 12 heteroatoms. The molecule has 4 atom stereocenters. The van der Waals surface area contributed by atoms with Crippen LogP contribution in [0.3, 0.4) is 0 Å². The molecule has 0 aromatic heterocycles. The maximum atomic E-state index is 14.0. The first-order valence-electron chi connectivity index (χ1n) is 13.9. The Labute approximate surface area is 245 Å². The molecule has 2 aliphatic rings. The van der Waals surface area contributed by atoms with Crippen molar-refractivity contribution in [2.24, 2.45) is 5.92 Å². The molecule has 5 rings (SSSR count). The lowest BCUT2D eigenvalue weighted by Crippen LogP contribution is -2.47.